The molecule has 0 aliphatic carbocycles. The SMILES string of the molecule is Cc1ccc(C(=O)OCC(=O)N2CCCCC2)s1. The van der Waals surface area contributed by atoms with Crippen molar-refractivity contribution in [2.75, 3.05) is 19.7 Å². The molecule has 2 rings (SSSR count). The van der Waals surface area contributed by atoms with Gasteiger partial charge in [0.05, 0.1) is 0 Å². The quantitative estimate of drug-likeness (QED) is 0.789. The largest absolute Gasteiger partial charge is 0.451 e. The Hall–Kier alpha value is -1.36. The number of likely N-dealkylation sites (tertiary alicyclic amines) is 1. The zero-order valence-corrected chi connectivity index (χ0v) is 11.3. The van der Waals surface area contributed by atoms with Gasteiger partial charge in [-0.1, -0.05) is 0 Å². The van der Waals surface area contributed by atoms with Crippen molar-refractivity contribution in [2.45, 2.75) is 26.2 Å². The number of carbonyl (C=O) groups excluding carboxylic acids is 2. The van der Waals surface area contributed by atoms with E-state index in [0.29, 0.717) is 4.88 Å². The number of esters is 1. The maximum absolute atomic E-state index is 11.8. The molecule has 2 heterocycles. The molecule has 1 amide bonds. The van der Waals surface area contributed by atoms with Crippen LogP contribution >= 0.6 is 11.3 Å². The molecule has 1 aliphatic rings. The highest BCUT2D eigenvalue weighted by Gasteiger charge is 2.18. The lowest BCUT2D eigenvalue weighted by Crippen LogP contribution is -2.38. The number of aryl methyl sites for hydroxylation is 1. The highest BCUT2D eigenvalue weighted by molar-refractivity contribution is 7.13. The molecular weight excluding hydrogens is 250 g/mol. The summed E-state index contributed by atoms with van der Waals surface area (Å²) in [7, 11) is 0. The fraction of sp³-hybridized carbons (Fsp3) is 0.538. The van der Waals surface area contributed by atoms with Crippen molar-refractivity contribution in [3.63, 3.8) is 0 Å². The predicted octanol–water partition coefficient (Wildman–Crippen LogP) is 2.23. The molecule has 0 saturated carbocycles. The van der Waals surface area contributed by atoms with Crippen LogP contribution in [0, 0.1) is 6.92 Å². The Labute approximate surface area is 111 Å². The van der Waals surface area contributed by atoms with Crippen molar-refractivity contribution in [3.8, 4) is 0 Å². The first kappa shape index (κ1) is 13.1. The summed E-state index contributed by atoms with van der Waals surface area (Å²) in [5, 5.41) is 0. The molecule has 0 radical (unpaired) electrons. The summed E-state index contributed by atoms with van der Waals surface area (Å²) in [6.07, 6.45) is 3.27. The van der Waals surface area contributed by atoms with Crippen LogP contribution < -0.4 is 0 Å². The number of hydrogen-bond acceptors (Lipinski definition) is 4. The number of nitrogens with zero attached hydrogens (tertiary/aromatic N) is 1. The van der Waals surface area contributed by atoms with Crippen LogP contribution in [0.4, 0.5) is 0 Å². The number of carbonyl (C=O) groups is 2. The average Bonchev–Trinajstić information content (AvgIpc) is 2.83. The molecule has 0 atom stereocenters. The van der Waals surface area contributed by atoms with E-state index < -0.39 is 5.97 Å². The second kappa shape index (κ2) is 6.00. The standard InChI is InChI=1S/C13H17NO3S/c1-10-5-6-11(18-10)13(16)17-9-12(15)14-7-3-2-4-8-14/h5-6H,2-4,7-9H2,1H3. The first-order valence-corrected chi connectivity index (χ1v) is 7.00. The first-order chi connectivity index (χ1) is 8.66. The summed E-state index contributed by atoms with van der Waals surface area (Å²) >= 11 is 1.38. The molecule has 0 N–H and O–H groups in total. The smallest absolute Gasteiger partial charge is 0.348 e. The molecule has 1 aromatic heterocycles. The number of ether oxygens (including phenoxy) is 1. The van der Waals surface area contributed by atoms with Crippen LogP contribution in [0.5, 0.6) is 0 Å². The Balaban J connectivity index is 1.80. The molecule has 1 aromatic rings. The molecule has 1 fully saturated rings. The minimum atomic E-state index is -0.404. The lowest BCUT2D eigenvalue weighted by molar-refractivity contribution is -0.135. The van der Waals surface area contributed by atoms with E-state index in [-0.39, 0.29) is 12.5 Å². The maximum atomic E-state index is 11.8. The number of rotatable bonds is 3. The van der Waals surface area contributed by atoms with Gasteiger partial charge in [-0.2, -0.15) is 0 Å². The molecule has 0 unspecified atom stereocenters. The summed E-state index contributed by atoms with van der Waals surface area (Å²) in [5.41, 5.74) is 0. The zero-order chi connectivity index (χ0) is 13.0. The van der Waals surface area contributed by atoms with Crippen molar-refractivity contribution < 1.29 is 14.3 Å². The van der Waals surface area contributed by atoms with E-state index in [9.17, 15) is 9.59 Å². The molecule has 0 spiro atoms. The van der Waals surface area contributed by atoms with Gasteiger partial charge in [-0.15, -0.1) is 11.3 Å². The Kier molecular flexibility index (Phi) is 4.36. The summed E-state index contributed by atoms with van der Waals surface area (Å²) < 4.78 is 5.04. The van der Waals surface area contributed by atoms with Crippen molar-refractivity contribution in [3.05, 3.63) is 21.9 Å². The number of amides is 1. The fourth-order valence-corrected chi connectivity index (χ4v) is 2.74. The number of piperidine rings is 1. The molecule has 4 nitrogen and oxygen atoms in total. The van der Waals surface area contributed by atoms with Gasteiger partial charge in [0.25, 0.3) is 5.91 Å². The van der Waals surface area contributed by atoms with Crippen LogP contribution in [0.1, 0.15) is 33.8 Å². The minimum Gasteiger partial charge on any atom is -0.451 e. The third kappa shape index (κ3) is 3.32. The van der Waals surface area contributed by atoms with Crippen molar-refractivity contribution >= 4 is 23.2 Å². The molecule has 5 heteroatoms. The van der Waals surface area contributed by atoms with Crippen LogP contribution in [0.15, 0.2) is 12.1 Å². The van der Waals surface area contributed by atoms with E-state index in [1.807, 2.05) is 13.0 Å². The fourth-order valence-electron chi connectivity index (χ4n) is 1.98. The predicted molar refractivity (Wildman–Crippen MR) is 69.8 cm³/mol. The summed E-state index contributed by atoms with van der Waals surface area (Å²) in [6, 6.07) is 3.60. The normalized spacial score (nSPS) is 15.5. The second-order valence-electron chi connectivity index (χ2n) is 4.43. The Morgan fingerprint density at radius 3 is 2.61 bits per heavy atom. The van der Waals surface area contributed by atoms with Crippen molar-refractivity contribution in [1.82, 2.24) is 4.90 Å². The summed E-state index contributed by atoms with van der Waals surface area (Å²) in [4.78, 5) is 26.8. The van der Waals surface area contributed by atoms with Gasteiger partial charge >= 0.3 is 5.97 Å². The second-order valence-corrected chi connectivity index (χ2v) is 5.72. The minimum absolute atomic E-state index is 0.0867. The lowest BCUT2D eigenvalue weighted by Gasteiger charge is -2.26. The molecule has 0 aromatic carbocycles. The van der Waals surface area contributed by atoms with Gasteiger partial charge in [0.1, 0.15) is 4.88 Å². The zero-order valence-electron chi connectivity index (χ0n) is 10.5. The van der Waals surface area contributed by atoms with E-state index in [4.69, 9.17) is 4.74 Å². The van der Waals surface area contributed by atoms with E-state index in [1.165, 1.54) is 17.8 Å². The molecule has 18 heavy (non-hydrogen) atoms. The highest BCUT2D eigenvalue weighted by atomic mass is 32.1. The van der Waals surface area contributed by atoms with Gasteiger partial charge in [-0.3, -0.25) is 4.79 Å². The van der Waals surface area contributed by atoms with Crippen molar-refractivity contribution in [1.29, 1.82) is 0 Å². The van der Waals surface area contributed by atoms with E-state index in [1.54, 1.807) is 11.0 Å². The van der Waals surface area contributed by atoms with Crippen LogP contribution in [0.25, 0.3) is 0 Å². The van der Waals surface area contributed by atoms with E-state index in [0.717, 1.165) is 30.8 Å². The van der Waals surface area contributed by atoms with Gasteiger partial charge < -0.3 is 9.64 Å². The van der Waals surface area contributed by atoms with Crippen molar-refractivity contribution in [2.24, 2.45) is 0 Å². The number of thiophene rings is 1. The summed E-state index contributed by atoms with van der Waals surface area (Å²) in [6.45, 7) is 3.36. The van der Waals surface area contributed by atoms with E-state index in [2.05, 4.69) is 0 Å². The molecule has 98 valence electrons. The Morgan fingerprint density at radius 2 is 2.00 bits per heavy atom. The van der Waals surface area contributed by atoms with Gasteiger partial charge in [0, 0.05) is 18.0 Å². The third-order valence-electron chi connectivity index (χ3n) is 2.98. The summed E-state index contributed by atoms with van der Waals surface area (Å²) in [5.74, 6) is -0.491. The monoisotopic (exact) mass is 267 g/mol. The van der Waals surface area contributed by atoms with Gasteiger partial charge in [-0.05, 0) is 38.3 Å². The third-order valence-corrected chi connectivity index (χ3v) is 3.96. The lowest BCUT2D eigenvalue weighted by atomic mass is 10.1. The Bertz CT molecular complexity index is 435. The van der Waals surface area contributed by atoms with Gasteiger partial charge in [0.15, 0.2) is 6.61 Å². The number of hydrogen-bond donors (Lipinski definition) is 0. The van der Waals surface area contributed by atoms with Gasteiger partial charge in [-0.25, -0.2) is 4.79 Å². The molecule has 1 aliphatic heterocycles. The average molecular weight is 267 g/mol. The highest BCUT2D eigenvalue weighted by Crippen LogP contribution is 2.16. The van der Waals surface area contributed by atoms with E-state index >= 15 is 0 Å². The molecular formula is C13H17NO3S. The van der Waals surface area contributed by atoms with Crippen LogP contribution in [-0.2, 0) is 9.53 Å². The van der Waals surface area contributed by atoms with Crippen LogP contribution in [0.3, 0.4) is 0 Å². The topological polar surface area (TPSA) is 46.6 Å². The molecule has 0 bridgehead atoms. The first-order valence-electron chi connectivity index (χ1n) is 6.18. The molecule has 1 saturated heterocycles. The van der Waals surface area contributed by atoms with Gasteiger partial charge in [0.2, 0.25) is 0 Å². The maximum Gasteiger partial charge on any atom is 0.348 e. The van der Waals surface area contributed by atoms with Crippen LogP contribution in [-0.4, -0.2) is 36.5 Å². The van der Waals surface area contributed by atoms with Crippen LogP contribution in [0.2, 0.25) is 0 Å². The Morgan fingerprint density at radius 1 is 1.28 bits per heavy atom.